The van der Waals surface area contributed by atoms with E-state index in [0.717, 1.165) is 37.1 Å². The smallest absolute Gasteiger partial charge is 0.126 e. The fourth-order valence-electron chi connectivity index (χ4n) is 1.68. The van der Waals surface area contributed by atoms with Crippen molar-refractivity contribution in [2.45, 2.75) is 25.2 Å². The Morgan fingerprint density at radius 1 is 1.47 bits per heavy atom. The second-order valence-corrected chi connectivity index (χ2v) is 4.01. The molecular formula is C13H16FN. The summed E-state index contributed by atoms with van der Waals surface area (Å²) < 4.78 is 13.4. The molecule has 1 aromatic rings. The van der Waals surface area contributed by atoms with Gasteiger partial charge in [-0.3, -0.25) is 0 Å². The van der Waals surface area contributed by atoms with Crippen LogP contribution in [0.3, 0.4) is 0 Å². The highest BCUT2D eigenvalue weighted by Crippen LogP contribution is 2.41. The maximum atomic E-state index is 13.4. The van der Waals surface area contributed by atoms with Gasteiger partial charge < -0.3 is 5.32 Å². The molecule has 0 aromatic heterocycles. The average molecular weight is 205 g/mol. The summed E-state index contributed by atoms with van der Waals surface area (Å²) in [6, 6.07) is 5.30. The number of hydrogen-bond acceptors (Lipinski definition) is 1. The van der Waals surface area contributed by atoms with Gasteiger partial charge in [-0.1, -0.05) is 6.08 Å². The number of nitrogens with one attached hydrogen (secondary N) is 1. The number of hydrogen-bond donors (Lipinski definition) is 1. The first-order chi connectivity index (χ1) is 7.31. The van der Waals surface area contributed by atoms with Crippen LogP contribution in [0.2, 0.25) is 0 Å². The van der Waals surface area contributed by atoms with Crippen molar-refractivity contribution in [3.05, 3.63) is 42.2 Å². The third-order valence-electron chi connectivity index (χ3n) is 2.69. The van der Waals surface area contributed by atoms with Gasteiger partial charge in [0.2, 0.25) is 0 Å². The van der Waals surface area contributed by atoms with Crippen molar-refractivity contribution in [3.63, 3.8) is 0 Å². The van der Waals surface area contributed by atoms with E-state index in [-0.39, 0.29) is 5.82 Å². The molecule has 0 spiro atoms. The molecular weight excluding hydrogens is 189 g/mol. The zero-order chi connectivity index (χ0) is 10.7. The van der Waals surface area contributed by atoms with Crippen LogP contribution in [0.15, 0.2) is 30.9 Å². The molecule has 1 aromatic carbocycles. The van der Waals surface area contributed by atoms with E-state index in [4.69, 9.17) is 0 Å². The molecule has 1 N–H and O–H groups in total. The van der Waals surface area contributed by atoms with Crippen LogP contribution in [0.4, 0.5) is 10.1 Å². The fraction of sp³-hybridized carbons (Fsp3) is 0.385. The Morgan fingerprint density at radius 2 is 2.27 bits per heavy atom. The monoisotopic (exact) mass is 205 g/mol. The molecule has 0 heterocycles. The fourth-order valence-corrected chi connectivity index (χ4v) is 1.68. The molecule has 2 rings (SSSR count). The van der Waals surface area contributed by atoms with Gasteiger partial charge in [0.05, 0.1) is 0 Å². The topological polar surface area (TPSA) is 12.0 Å². The van der Waals surface area contributed by atoms with Crippen LogP contribution in [0.25, 0.3) is 0 Å². The van der Waals surface area contributed by atoms with Crippen LogP contribution in [-0.2, 0) is 0 Å². The average Bonchev–Trinajstić information content (AvgIpc) is 3.04. The highest BCUT2D eigenvalue weighted by Gasteiger charge is 2.26. The van der Waals surface area contributed by atoms with Crippen molar-refractivity contribution in [1.29, 1.82) is 0 Å². The molecule has 1 saturated carbocycles. The summed E-state index contributed by atoms with van der Waals surface area (Å²) in [6.07, 6.45) is 5.06. The first-order valence-electron chi connectivity index (χ1n) is 5.45. The van der Waals surface area contributed by atoms with Gasteiger partial charge >= 0.3 is 0 Å². The summed E-state index contributed by atoms with van der Waals surface area (Å²) in [7, 11) is 0. The van der Waals surface area contributed by atoms with E-state index in [2.05, 4.69) is 11.9 Å². The quantitative estimate of drug-likeness (QED) is 0.571. The van der Waals surface area contributed by atoms with E-state index in [1.54, 1.807) is 12.1 Å². The lowest BCUT2D eigenvalue weighted by atomic mass is 10.1. The lowest BCUT2D eigenvalue weighted by Crippen LogP contribution is -2.01. The highest BCUT2D eigenvalue weighted by atomic mass is 19.1. The van der Waals surface area contributed by atoms with E-state index in [1.807, 2.05) is 12.1 Å². The Hall–Kier alpha value is -1.31. The number of halogens is 1. The predicted octanol–water partition coefficient (Wildman–Crippen LogP) is 3.69. The number of benzene rings is 1. The molecule has 1 aliphatic rings. The number of anilines is 1. The summed E-state index contributed by atoms with van der Waals surface area (Å²) in [6.45, 7) is 4.52. The summed E-state index contributed by atoms with van der Waals surface area (Å²) in [5, 5.41) is 3.26. The Kier molecular flexibility index (Phi) is 3.05. The van der Waals surface area contributed by atoms with Gasteiger partial charge in [-0.2, -0.15) is 0 Å². The molecule has 15 heavy (non-hydrogen) atoms. The van der Waals surface area contributed by atoms with Crippen LogP contribution in [0.5, 0.6) is 0 Å². The van der Waals surface area contributed by atoms with E-state index in [1.165, 1.54) is 0 Å². The van der Waals surface area contributed by atoms with Gasteiger partial charge in [0.15, 0.2) is 0 Å². The van der Waals surface area contributed by atoms with Crippen molar-refractivity contribution in [2.24, 2.45) is 0 Å². The second-order valence-electron chi connectivity index (χ2n) is 4.01. The minimum Gasteiger partial charge on any atom is -0.385 e. The van der Waals surface area contributed by atoms with Crippen molar-refractivity contribution < 1.29 is 4.39 Å². The standard InChI is InChI=1S/C13H16FN/c1-2-3-8-15-11-6-7-13(14)12(9-11)10-4-5-10/h2,6-7,9-10,15H,1,3-5,8H2. The largest absolute Gasteiger partial charge is 0.385 e. The lowest BCUT2D eigenvalue weighted by Gasteiger charge is -2.07. The van der Waals surface area contributed by atoms with Crippen molar-refractivity contribution in [2.75, 3.05) is 11.9 Å². The molecule has 1 fully saturated rings. The Bertz CT molecular complexity index is 356. The van der Waals surface area contributed by atoms with Gasteiger partial charge in [0.1, 0.15) is 5.82 Å². The van der Waals surface area contributed by atoms with Crippen LogP contribution < -0.4 is 5.32 Å². The third kappa shape index (κ3) is 2.58. The van der Waals surface area contributed by atoms with E-state index >= 15 is 0 Å². The number of rotatable bonds is 5. The molecule has 2 heteroatoms. The normalized spacial score (nSPS) is 15.0. The molecule has 0 amide bonds. The zero-order valence-electron chi connectivity index (χ0n) is 8.80. The predicted molar refractivity (Wildman–Crippen MR) is 61.7 cm³/mol. The van der Waals surface area contributed by atoms with Gasteiger partial charge in [-0.15, -0.1) is 6.58 Å². The highest BCUT2D eigenvalue weighted by molar-refractivity contribution is 5.48. The van der Waals surface area contributed by atoms with E-state index in [9.17, 15) is 4.39 Å². The molecule has 0 atom stereocenters. The lowest BCUT2D eigenvalue weighted by molar-refractivity contribution is 0.611. The van der Waals surface area contributed by atoms with Crippen molar-refractivity contribution in [3.8, 4) is 0 Å². The minimum atomic E-state index is -0.0632. The third-order valence-corrected chi connectivity index (χ3v) is 2.69. The summed E-state index contributed by atoms with van der Waals surface area (Å²) >= 11 is 0. The molecule has 0 bridgehead atoms. The molecule has 1 aliphatic carbocycles. The first kappa shape index (κ1) is 10.2. The molecule has 0 unspecified atom stereocenters. The van der Waals surface area contributed by atoms with Crippen LogP contribution in [-0.4, -0.2) is 6.54 Å². The maximum Gasteiger partial charge on any atom is 0.126 e. The van der Waals surface area contributed by atoms with Crippen LogP contribution >= 0.6 is 0 Å². The minimum absolute atomic E-state index is 0.0632. The van der Waals surface area contributed by atoms with Crippen molar-refractivity contribution >= 4 is 5.69 Å². The van der Waals surface area contributed by atoms with Crippen LogP contribution in [0, 0.1) is 5.82 Å². The van der Waals surface area contributed by atoms with Gasteiger partial charge in [-0.05, 0) is 48.9 Å². The molecule has 1 nitrogen and oxygen atoms in total. The van der Waals surface area contributed by atoms with Crippen LogP contribution in [0.1, 0.15) is 30.7 Å². The molecule has 0 aliphatic heterocycles. The Balaban J connectivity index is 2.04. The molecule has 80 valence electrons. The second kappa shape index (κ2) is 4.47. The van der Waals surface area contributed by atoms with Crippen molar-refractivity contribution in [1.82, 2.24) is 0 Å². The Morgan fingerprint density at radius 3 is 2.93 bits per heavy atom. The summed E-state index contributed by atoms with van der Waals surface area (Å²) in [5.74, 6) is 0.401. The molecule has 0 saturated heterocycles. The summed E-state index contributed by atoms with van der Waals surface area (Å²) in [4.78, 5) is 0. The van der Waals surface area contributed by atoms with Gasteiger partial charge in [0.25, 0.3) is 0 Å². The summed E-state index contributed by atoms with van der Waals surface area (Å²) in [5.41, 5.74) is 1.89. The Labute approximate surface area is 90.0 Å². The SMILES string of the molecule is C=CCCNc1ccc(F)c(C2CC2)c1. The van der Waals surface area contributed by atoms with E-state index < -0.39 is 0 Å². The van der Waals surface area contributed by atoms with E-state index in [0.29, 0.717) is 5.92 Å². The zero-order valence-corrected chi connectivity index (χ0v) is 8.80. The van der Waals surface area contributed by atoms with Gasteiger partial charge in [-0.25, -0.2) is 4.39 Å². The molecule has 0 radical (unpaired) electrons. The maximum absolute atomic E-state index is 13.4. The first-order valence-corrected chi connectivity index (χ1v) is 5.45. The van der Waals surface area contributed by atoms with Gasteiger partial charge in [0, 0.05) is 12.2 Å².